The highest BCUT2D eigenvalue weighted by molar-refractivity contribution is 5.67. The minimum absolute atomic E-state index is 0.174. The van der Waals surface area contributed by atoms with Crippen molar-refractivity contribution in [3.8, 4) is 0 Å². The predicted molar refractivity (Wildman–Crippen MR) is 76.7 cm³/mol. The summed E-state index contributed by atoms with van der Waals surface area (Å²) in [6, 6.07) is 6.04. The fourth-order valence-electron chi connectivity index (χ4n) is 2.72. The maximum Gasteiger partial charge on any atom is 0.0661 e. The molecule has 0 heterocycles. The summed E-state index contributed by atoms with van der Waals surface area (Å²) in [5.74, 6) is 0.766. The van der Waals surface area contributed by atoms with Crippen LogP contribution in [-0.4, -0.2) is 17.3 Å². The maximum atomic E-state index is 9.73. The summed E-state index contributed by atoms with van der Waals surface area (Å²) in [7, 11) is 0. The molecule has 0 aliphatic heterocycles. The molecule has 0 amide bonds. The summed E-state index contributed by atoms with van der Waals surface area (Å²) in [5.41, 5.74) is 8.72. The zero-order valence-electron chi connectivity index (χ0n) is 11.4. The molecule has 100 valence electrons. The highest BCUT2D eigenvalue weighted by atomic mass is 16.3. The van der Waals surface area contributed by atoms with E-state index in [1.54, 1.807) is 0 Å². The Hall–Kier alpha value is -1.22. The first kappa shape index (κ1) is 13.2. The van der Waals surface area contributed by atoms with Crippen molar-refractivity contribution in [1.82, 2.24) is 0 Å². The summed E-state index contributed by atoms with van der Waals surface area (Å²) < 4.78 is 0. The third kappa shape index (κ3) is 2.78. The summed E-state index contributed by atoms with van der Waals surface area (Å²) >= 11 is 0. The lowest BCUT2D eigenvalue weighted by Crippen LogP contribution is -2.45. The van der Waals surface area contributed by atoms with Crippen LogP contribution in [0.2, 0.25) is 0 Å². The number of benzene rings is 1. The van der Waals surface area contributed by atoms with Crippen molar-refractivity contribution in [2.24, 2.45) is 5.92 Å². The molecule has 3 nitrogen and oxygen atoms in total. The second-order valence-corrected chi connectivity index (χ2v) is 5.84. The number of nitrogens with one attached hydrogen (secondary N) is 1. The number of nitrogens with two attached hydrogens (primary N) is 1. The topological polar surface area (TPSA) is 58.3 Å². The van der Waals surface area contributed by atoms with E-state index in [0.717, 1.165) is 35.7 Å². The Balaban J connectivity index is 2.15. The Kier molecular flexibility index (Phi) is 3.81. The van der Waals surface area contributed by atoms with Gasteiger partial charge in [-0.1, -0.05) is 13.0 Å². The van der Waals surface area contributed by atoms with Crippen LogP contribution in [0, 0.1) is 12.8 Å². The summed E-state index contributed by atoms with van der Waals surface area (Å²) in [5, 5.41) is 13.2. The molecule has 0 radical (unpaired) electrons. The minimum atomic E-state index is -0.185. The monoisotopic (exact) mass is 248 g/mol. The van der Waals surface area contributed by atoms with E-state index in [0.29, 0.717) is 0 Å². The molecule has 1 saturated carbocycles. The van der Waals surface area contributed by atoms with Crippen molar-refractivity contribution >= 4 is 11.4 Å². The third-order valence-electron chi connectivity index (χ3n) is 4.14. The molecule has 0 bridgehead atoms. The quantitative estimate of drug-likeness (QED) is 0.721. The molecule has 0 aromatic heterocycles. The van der Waals surface area contributed by atoms with Gasteiger partial charge in [-0.2, -0.15) is 0 Å². The van der Waals surface area contributed by atoms with Gasteiger partial charge in [0, 0.05) is 0 Å². The fraction of sp³-hybridized carbons (Fsp3) is 0.600. The van der Waals surface area contributed by atoms with Crippen molar-refractivity contribution in [3.63, 3.8) is 0 Å². The molecule has 0 saturated heterocycles. The van der Waals surface area contributed by atoms with Gasteiger partial charge in [0.25, 0.3) is 0 Å². The first-order valence-corrected chi connectivity index (χ1v) is 6.80. The summed E-state index contributed by atoms with van der Waals surface area (Å²) in [4.78, 5) is 0. The van der Waals surface area contributed by atoms with Crippen LogP contribution in [-0.2, 0) is 0 Å². The van der Waals surface area contributed by atoms with Crippen LogP contribution in [0.5, 0.6) is 0 Å². The Labute approximate surface area is 109 Å². The van der Waals surface area contributed by atoms with Gasteiger partial charge in [-0.05, 0) is 56.2 Å². The Morgan fingerprint density at radius 2 is 2.06 bits per heavy atom. The van der Waals surface area contributed by atoms with Crippen LogP contribution in [0.1, 0.15) is 38.2 Å². The van der Waals surface area contributed by atoms with Crippen LogP contribution >= 0.6 is 0 Å². The molecule has 18 heavy (non-hydrogen) atoms. The van der Waals surface area contributed by atoms with Gasteiger partial charge in [0.1, 0.15) is 0 Å². The van der Waals surface area contributed by atoms with Crippen molar-refractivity contribution in [2.75, 3.05) is 17.7 Å². The largest absolute Gasteiger partial charge is 0.397 e. The lowest BCUT2D eigenvalue weighted by atomic mass is 9.77. The van der Waals surface area contributed by atoms with E-state index in [9.17, 15) is 5.11 Å². The number of rotatable bonds is 3. The van der Waals surface area contributed by atoms with Gasteiger partial charge in [-0.25, -0.2) is 0 Å². The van der Waals surface area contributed by atoms with Crippen LogP contribution < -0.4 is 11.1 Å². The van der Waals surface area contributed by atoms with E-state index in [1.165, 1.54) is 12.8 Å². The zero-order chi connectivity index (χ0) is 13.2. The number of anilines is 2. The molecule has 2 rings (SSSR count). The molecule has 1 aromatic rings. The fourth-order valence-corrected chi connectivity index (χ4v) is 2.72. The van der Waals surface area contributed by atoms with E-state index < -0.39 is 0 Å². The van der Waals surface area contributed by atoms with Gasteiger partial charge in [0.2, 0.25) is 0 Å². The molecule has 1 aromatic carbocycles. The lowest BCUT2D eigenvalue weighted by molar-refractivity contribution is 0.155. The zero-order valence-corrected chi connectivity index (χ0v) is 11.4. The molecule has 0 unspecified atom stereocenters. The molecule has 1 aliphatic carbocycles. The Morgan fingerprint density at radius 1 is 1.39 bits per heavy atom. The summed E-state index contributed by atoms with van der Waals surface area (Å²) in [6.07, 6.45) is 4.36. The summed E-state index contributed by atoms with van der Waals surface area (Å²) in [6.45, 7) is 4.48. The van der Waals surface area contributed by atoms with Crippen LogP contribution in [0.15, 0.2) is 18.2 Å². The standard InChI is InChI=1S/C15H24N2O/c1-11-5-7-15(10-18,8-6-11)17-14-4-3-12(2)9-13(14)16/h3-4,9,11,17-18H,5-8,10,16H2,1-2H3. The molecule has 0 spiro atoms. The third-order valence-corrected chi connectivity index (χ3v) is 4.14. The van der Waals surface area contributed by atoms with E-state index in [1.807, 2.05) is 19.1 Å². The van der Waals surface area contributed by atoms with E-state index in [2.05, 4.69) is 18.3 Å². The maximum absolute atomic E-state index is 9.73. The van der Waals surface area contributed by atoms with Crippen LogP contribution in [0.25, 0.3) is 0 Å². The Bertz CT molecular complexity index is 409. The number of aliphatic hydroxyl groups is 1. The van der Waals surface area contributed by atoms with Gasteiger partial charge in [-0.3, -0.25) is 0 Å². The van der Waals surface area contributed by atoms with Gasteiger partial charge in [-0.15, -0.1) is 0 Å². The van der Waals surface area contributed by atoms with E-state index >= 15 is 0 Å². The van der Waals surface area contributed by atoms with E-state index in [-0.39, 0.29) is 12.1 Å². The SMILES string of the molecule is Cc1ccc(NC2(CO)CCC(C)CC2)c(N)c1. The molecule has 0 atom stereocenters. The predicted octanol–water partition coefficient (Wildman–Crippen LogP) is 2.93. The van der Waals surface area contributed by atoms with E-state index in [4.69, 9.17) is 5.73 Å². The minimum Gasteiger partial charge on any atom is -0.397 e. The molecular formula is C15H24N2O. The second-order valence-electron chi connectivity index (χ2n) is 5.84. The molecular weight excluding hydrogens is 224 g/mol. The van der Waals surface area contributed by atoms with Crippen molar-refractivity contribution < 1.29 is 5.11 Å². The average molecular weight is 248 g/mol. The van der Waals surface area contributed by atoms with Crippen LogP contribution in [0.4, 0.5) is 11.4 Å². The van der Waals surface area contributed by atoms with Gasteiger partial charge in [0.05, 0.1) is 23.5 Å². The van der Waals surface area contributed by atoms with Crippen LogP contribution in [0.3, 0.4) is 0 Å². The van der Waals surface area contributed by atoms with Crippen molar-refractivity contribution in [1.29, 1.82) is 0 Å². The smallest absolute Gasteiger partial charge is 0.0661 e. The van der Waals surface area contributed by atoms with Gasteiger partial charge >= 0.3 is 0 Å². The molecule has 1 aliphatic rings. The number of aryl methyl sites for hydroxylation is 1. The molecule has 4 N–H and O–H groups in total. The number of hydrogen-bond acceptors (Lipinski definition) is 3. The van der Waals surface area contributed by atoms with Gasteiger partial charge < -0.3 is 16.2 Å². The van der Waals surface area contributed by atoms with Crippen molar-refractivity contribution in [2.45, 2.75) is 45.1 Å². The second kappa shape index (κ2) is 5.19. The highest BCUT2D eigenvalue weighted by Gasteiger charge is 2.33. The van der Waals surface area contributed by atoms with Gasteiger partial charge in [0.15, 0.2) is 0 Å². The lowest BCUT2D eigenvalue weighted by Gasteiger charge is -2.39. The number of aliphatic hydroxyl groups excluding tert-OH is 1. The molecule has 3 heteroatoms. The molecule has 1 fully saturated rings. The normalized spacial score (nSPS) is 28.1. The van der Waals surface area contributed by atoms with Crippen molar-refractivity contribution in [3.05, 3.63) is 23.8 Å². The average Bonchev–Trinajstić information content (AvgIpc) is 2.36. The Morgan fingerprint density at radius 3 is 2.61 bits per heavy atom. The number of nitrogen functional groups attached to an aromatic ring is 1. The first-order chi connectivity index (χ1) is 8.54. The highest BCUT2D eigenvalue weighted by Crippen LogP contribution is 2.35. The number of hydrogen-bond donors (Lipinski definition) is 3. The first-order valence-electron chi connectivity index (χ1n) is 6.80.